The monoisotopic (exact) mass is 245 g/mol. The van der Waals surface area contributed by atoms with E-state index in [1.54, 1.807) is 7.11 Å². The van der Waals surface area contributed by atoms with Crippen molar-refractivity contribution in [2.75, 3.05) is 47.4 Å². The second kappa shape index (κ2) is 7.04. The standard InChI is InChI=1S/C11H23N3OS/c1-13(2)10-5-4-7-14(9-10)11(16)12-6-8-15-3/h10H,4-9H2,1-3H3,(H,12,16). The Kier molecular flexibility index (Phi) is 6.01. The molecular weight excluding hydrogens is 222 g/mol. The van der Waals surface area contributed by atoms with Gasteiger partial charge in [0.05, 0.1) is 6.61 Å². The van der Waals surface area contributed by atoms with E-state index in [9.17, 15) is 0 Å². The van der Waals surface area contributed by atoms with Gasteiger partial charge in [-0.2, -0.15) is 0 Å². The van der Waals surface area contributed by atoms with Crippen LogP contribution in [-0.4, -0.2) is 68.4 Å². The minimum atomic E-state index is 0.621. The van der Waals surface area contributed by atoms with E-state index in [4.69, 9.17) is 17.0 Å². The van der Waals surface area contributed by atoms with Gasteiger partial charge in [0, 0.05) is 32.8 Å². The van der Waals surface area contributed by atoms with Crippen LogP contribution in [0.25, 0.3) is 0 Å². The number of ether oxygens (including phenoxy) is 1. The maximum absolute atomic E-state index is 5.37. The van der Waals surface area contributed by atoms with Crippen molar-refractivity contribution in [1.29, 1.82) is 0 Å². The van der Waals surface area contributed by atoms with Gasteiger partial charge in [0.25, 0.3) is 0 Å². The molecule has 0 aromatic heterocycles. The fourth-order valence-corrected chi connectivity index (χ4v) is 2.20. The second-order valence-corrected chi connectivity index (χ2v) is 4.82. The van der Waals surface area contributed by atoms with Crippen LogP contribution in [-0.2, 0) is 4.74 Å². The Morgan fingerprint density at radius 2 is 2.31 bits per heavy atom. The maximum Gasteiger partial charge on any atom is 0.169 e. The van der Waals surface area contributed by atoms with Crippen molar-refractivity contribution in [3.8, 4) is 0 Å². The number of piperidine rings is 1. The minimum absolute atomic E-state index is 0.621. The highest BCUT2D eigenvalue weighted by Crippen LogP contribution is 2.13. The van der Waals surface area contributed by atoms with Gasteiger partial charge in [-0.05, 0) is 39.2 Å². The summed E-state index contributed by atoms with van der Waals surface area (Å²) in [5.74, 6) is 0. The van der Waals surface area contributed by atoms with E-state index in [1.807, 2.05) is 0 Å². The quantitative estimate of drug-likeness (QED) is 0.576. The Labute approximate surface area is 104 Å². The van der Waals surface area contributed by atoms with Crippen molar-refractivity contribution in [1.82, 2.24) is 15.1 Å². The summed E-state index contributed by atoms with van der Waals surface area (Å²) in [4.78, 5) is 4.54. The zero-order chi connectivity index (χ0) is 12.0. The molecule has 1 N–H and O–H groups in total. The molecule has 0 spiro atoms. The van der Waals surface area contributed by atoms with Crippen LogP contribution in [0.3, 0.4) is 0 Å². The van der Waals surface area contributed by atoms with E-state index in [0.29, 0.717) is 12.6 Å². The lowest BCUT2D eigenvalue weighted by atomic mass is 10.1. The van der Waals surface area contributed by atoms with Crippen LogP contribution >= 0.6 is 12.2 Å². The van der Waals surface area contributed by atoms with Crippen LogP contribution in [0.5, 0.6) is 0 Å². The van der Waals surface area contributed by atoms with Gasteiger partial charge >= 0.3 is 0 Å². The van der Waals surface area contributed by atoms with Gasteiger partial charge in [0.15, 0.2) is 5.11 Å². The van der Waals surface area contributed by atoms with Crippen molar-refractivity contribution < 1.29 is 4.74 Å². The summed E-state index contributed by atoms with van der Waals surface area (Å²) in [5, 5.41) is 4.09. The van der Waals surface area contributed by atoms with Crippen LogP contribution in [0.15, 0.2) is 0 Å². The number of rotatable bonds is 4. The van der Waals surface area contributed by atoms with Crippen molar-refractivity contribution in [2.24, 2.45) is 0 Å². The minimum Gasteiger partial charge on any atom is -0.383 e. The van der Waals surface area contributed by atoms with E-state index < -0.39 is 0 Å². The molecule has 0 radical (unpaired) electrons. The van der Waals surface area contributed by atoms with Crippen LogP contribution < -0.4 is 5.32 Å². The largest absolute Gasteiger partial charge is 0.383 e. The number of likely N-dealkylation sites (N-methyl/N-ethyl adjacent to an activating group) is 1. The number of hydrogen-bond acceptors (Lipinski definition) is 3. The first-order chi connectivity index (χ1) is 7.65. The van der Waals surface area contributed by atoms with Gasteiger partial charge in [-0.1, -0.05) is 0 Å². The summed E-state index contributed by atoms with van der Waals surface area (Å²) < 4.78 is 4.99. The van der Waals surface area contributed by atoms with E-state index in [1.165, 1.54) is 12.8 Å². The number of nitrogens with one attached hydrogen (secondary N) is 1. The molecule has 1 aliphatic heterocycles. The third-order valence-electron chi connectivity index (χ3n) is 3.00. The highest BCUT2D eigenvalue weighted by Gasteiger charge is 2.22. The molecule has 0 bridgehead atoms. The Morgan fingerprint density at radius 3 is 2.94 bits per heavy atom. The van der Waals surface area contributed by atoms with Crippen molar-refractivity contribution in [2.45, 2.75) is 18.9 Å². The van der Waals surface area contributed by atoms with Gasteiger partial charge in [-0.3, -0.25) is 0 Å². The third-order valence-corrected chi connectivity index (χ3v) is 3.40. The highest BCUT2D eigenvalue weighted by atomic mass is 32.1. The van der Waals surface area contributed by atoms with E-state index in [-0.39, 0.29) is 0 Å². The fraction of sp³-hybridized carbons (Fsp3) is 0.909. The van der Waals surface area contributed by atoms with Gasteiger partial charge < -0.3 is 19.9 Å². The molecule has 1 unspecified atom stereocenters. The normalized spacial score (nSPS) is 21.2. The molecule has 1 heterocycles. The average molecular weight is 245 g/mol. The summed E-state index contributed by atoms with van der Waals surface area (Å²) in [6, 6.07) is 0.621. The van der Waals surface area contributed by atoms with Crippen LogP contribution in [0.1, 0.15) is 12.8 Å². The predicted molar refractivity (Wildman–Crippen MR) is 70.8 cm³/mol. The molecule has 0 aromatic rings. The first-order valence-electron chi connectivity index (χ1n) is 5.83. The molecular formula is C11H23N3OS. The van der Waals surface area contributed by atoms with Gasteiger partial charge in [0.2, 0.25) is 0 Å². The van der Waals surface area contributed by atoms with Gasteiger partial charge in [0.1, 0.15) is 0 Å². The topological polar surface area (TPSA) is 27.7 Å². The Bertz CT molecular complexity index is 223. The number of hydrogen-bond donors (Lipinski definition) is 1. The Balaban J connectivity index is 2.32. The van der Waals surface area contributed by atoms with Gasteiger partial charge in [-0.25, -0.2) is 0 Å². The van der Waals surface area contributed by atoms with Crippen molar-refractivity contribution in [3.63, 3.8) is 0 Å². The molecule has 0 aliphatic carbocycles. The molecule has 1 aliphatic rings. The summed E-state index contributed by atoms with van der Waals surface area (Å²) in [6.07, 6.45) is 2.49. The van der Waals surface area contributed by atoms with Crippen molar-refractivity contribution >= 4 is 17.3 Å². The van der Waals surface area contributed by atoms with Crippen LogP contribution in [0.2, 0.25) is 0 Å². The molecule has 1 atom stereocenters. The van der Waals surface area contributed by atoms with Gasteiger partial charge in [-0.15, -0.1) is 0 Å². The maximum atomic E-state index is 5.37. The molecule has 1 rings (SSSR count). The van der Waals surface area contributed by atoms with Crippen LogP contribution in [0, 0.1) is 0 Å². The molecule has 0 saturated carbocycles. The molecule has 5 heteroatoms. The number of likely N-dealkylation sites (tertiary alicyclic amines) is 1. The van der Waals surface area contributed by atoms with E-state index >= 15 is 0 Å². The first-order valence-corrected chi connectivity index (χ1v) is 6.24. The van der Waals surface area contributed by atoms with Crippen LogP contribution in [0.4, 0.5) is 0 Å². The second-order valence-electron chi connectivity index (χ2n) is 4.43. The SMILES string of the molecule is COCCNC(=S)N1CCCC(N(C)C)C1. The lowest BCUT2D eigenvalue weighted by molar-refractivity contribution is 0.179. The molecule has 4 nitrogen and oxygen atoms in total. The molecule has 16 heavy (non-hydrogen) atoms. The third kappa shape index (κ3) is 4.23. The Morgan fingerprint density at radius 1 is 1.56 bits per heavy atom. The average Bonchev–Trinajstić information content (AvgIpc) is 2.29. The molecule has 0 aromatic carbocycles. The fourth-order valence-electron chi connectivity index (χ4n) is 1.93. The summed E-state index contributed by atoms with van der Waals surface area (Å²) >= 11 is 5.37. The molecule has 1 saturated heterocycles. The first kappa shape index (κ1) is 13.7. The molecule has 1 fully saturated rings. The number of nitrogens with zero attached hydrogens (tertiary/aromatic N) is 2. The van der Waals surface area contributed by atoms with E-state index in [0.717, 1.165) is 24.7 Å². The Hall–Kier alpha value is -0.390. The number of methoxy groups -OCH3 is 1. The summed E-state index contributed by atoms with van der Waals surface area (Å²) in [5.41, 5.74) is 0. The van der Waals surface area contributed by atoms with E-state index in [2.05, 4.69) is 29.2 Å². The zero-order valence-corrected chi connectivity index (χ0v) is 11.3. The summed E-state index contributed by atoms with van der Waals surface area (Å²) in [7, 11) is 5.97. The molecule has 0 amide bonds. The lowest BCUT2D eigenvalue weighted by Crippen LogP contribution is -2.51. The smallest absolute Gasteiger partial charge is 0.169 e. The predicted octanol–water partition coefficient (Wildman–Crippen LogP) is 0.533. The number of thiocarbonyl (C=S) groups is 1. The lowest BCUT2D eigenvalue weighted by Gasteiger charge is -2.37. The molecule has 94 valence electrons. The van der Waals surface area contributed by atoms with Crippen molar-refractivity contribution in [3.05, 3.63) is 0 Å². The zero-order valence-electron chi connectivity index (χ0n) is 10.5. The summed E-state index contributed by atoms with van der Waals surface area (Å²) in [6.45, 7) is 3.60. The highest BCUT2D eigenvalue weighted by molar-refractivity contribution is 7.80.